The van der Waals surface area contributed by atoms with Crippen LogP contribution in [0.15, 0.2) is 48.6 Å². The molecule has 84 valence electrons. The molecule has 0 heterocycles. The molecule has 1 aromatic rings. The van der Waals surface area contributed by atoms with Crippen molar-refractivity contribution >= 4 is 5.57 Å². The molecule has 2 rings (SSSR count). The molecule has 1 aliphatic carbocycles. The van der Waals surface area contributed by atoms with Gasteiger partial charge in [-0.2, -0.15) is 0 Å². The minimum absolute atomic E-state index is 0.705. The van der Waals surface area contributed by atoms with Crippen molar-refractivity contribution in [1.82, 2.24) is 0 Å². The zero-order valence-electron chi connectivity index (χ0n) is 9.64. The van der Waals surface area contributed by atoms with Crippen molar-refractivity contribution in [2.45, 2.75) is 12.2 Å². The lowest BCUT2D eigenvalue weighted by molar-refractivity contribution is -0.133. The highest BCUT2D eigenvalue weighted by molar-refractivity contribution is 5.69. The van der Waals surface area contributed by atoms with Crippen LogP contribution in [0.5, 0.6) is 0 Å². The van der Waals surface area contributed by atoms with Crippen LogP contribution < -0.4 is 0 Å². The van der Waals surface area contributed by atoms with Crippen molar-refractivity contribution in [2.24, 2.45) is 0 Å². The Kier molecular flexibility index (Phi) is 3.22. The molecule has 16 heavy (non-hydrogen) atoms. The highest BCUT2D eigenvalue weighted by Gasteiger charge is 2.26. The van der Waals surface area contributed by atoms with Gasteiger partial charge in [-0.15, -0.1) is 0 Å². The molecule has 0 saturated heterocycles. The van der Waals surface area contributed by atoms with Gasteiger partial charge in [-0.05, 0) is 29.7 Å². The molecule has 0 aliphatic heterocycles. The molecule has 0 bridgehead atoms. The highest BCUT2D eigenvalue weighted by Crippen LogP contribution is 2.29. The van der Waals surface area contributed by atoms with Crippen LogP contribution in [-0.4, -0.2) is 20.0 Å². The summed E-state index contributed by atoms with van der Waals surface area (Å²) < 4.78 is 10.8. The van der Waals surface area contributed by atoms with Crippen LogP contribution in [-0.2, 0) is 9.47 Å². The van der Waals surface area contributed by atoms with E-state index in [0.717, 1.165) is 6.42 Å². The fourth-order valence-corrected chi connectivity index (χ4v) is 1.89. The lowest BCUT2D eigenvalue weighted by Gasteiger charge is -2.28. The van der Waals surface area contributed by atoms with E-state index in [0.29, 0.717) is 0 Å². The number of rotatable bonds is 3. The van der Waals surface area contributed by atoms with Crippen molar-refractivity contribution in [3.63, 3.8) is 0 Å². The smallest absolute Gasteiger partial charge is 0.208 e. The molecule has 0 saturated carbocycles. The molecule has 0 aromatic heterocycles. The van der Waals surface area contributed by atoms with Gasteiger partial charge in [-0.1, -0.05) is 36.4 Å². The largest absolute Gasteiger partial charge is 0.346 e. The van der Waals surface area contributed by atoms with Crippen molar-refractivity contribution in [1.29, 1.82) is 0 Å². The summed E-state index contributed by atoms with van der Waals surface area (Å²) in [4.78, 5) is 0. The number of methoxy groups -OCH3 is 2. The molecular weight excluding hydrogens is 200 g/mol. The maximum atomic E-state index is 5.39. The lowest BCUT2D eigenvalue weighted by Crippen LogP contribution is -2.30. The predicted molar refractivity (Wildman–Crippen MR) is 64.9 cm³/mol. The lowest BCUT2D eigenvalue weighted by atomic mass is 9.95. The van der Waals surface area contributed by atoms with Crippen LogP contribution in [0.3, 0.4) is 0 Å². The van der Waals surface area contributed by atoms with Gasteiger partial charge in [0.25, 0.3) is 0 Å². The summed E-state index contributed by atoms with van der Waals surface area (Å²) in [5, 5.41) is 0. The molecule has 1 aliphatic rings. The first-order valence-corrected chi connectivity index (χ1v) is 5.35. The van der Waals surface area contributed by atoms with Crippen molar-refractivity contribution < 1.29 is 9.47 Å². The van der Waals surface area contributed by atoms with E-state index in [9.17, 15) is 0 Å². The Morgan fingerprint density at radius 2 is 1.75 bits per heavy atom. The van der Waals surface area contributed by atoms with E-state index in [1.54, 1.807) is 14.2 Å². The van der Waals surface area contributed by atoms with Crippen molar-refractivity contribution in [3.8, 4) is 0 Å². The van der Waals surface area contributed by atoms with Crippen LogP contribution in [0, 0.1) is 0 Å². The Labute approximate surface area is 96.2 Å². The first kappa shape index (κ1) is 11.1. The fraction of sp³-hybridized carbons (Fsp3) is 0.286. The van der Waals surface area contributed by atoms with E-state index in [-0.39, 0.29) is 0 Å². The van der Waals surface area contributed by atoms with Crippen LogP contribution in [0.4, 0.5) is 0 Å². The number of ether oxygens (including phenoxy) is 2. The van der Waals surface area contributed by atoms with Gasteiger partial charge < -0.3 is 9.47 Å². The monoisotopic (exact) mass is 216 g/mol. The second-order valence-corrected chi connectivity index (χ2v) is 3.77. The van der Waals surface area contributed by atoms with Gasteiger partial charge in [0, 0.05) is 14.2 Å². The molecular formula is C14H16O2. The second-order valence-electron chi connectivity index (χ2n) is 3.77. The molecule has 0 amide bonds. The van der Waals surface area contributed by atoms with E-state index in [2.05, 4.69) is 18.2 Å². The van der Waals surface area contributed by atoms with Crippen LogP contribution >= 0.6 is 0 Å². The topological polar surface area (TPSA) is 18.5 Å². The number of hydrogen-bond acceptors (Lipinski definition) is 2. The summed E-state index contributed by atoms with van der Waals surface area (Å²) in [5.41, 5.74) is 2.44. The van der Waals surface area contributed by atoms with Crippen molar-refractivity contribution in [3.05, 3.63) is 54.1 Å². The third-order valence-corrected chi connectivity index (χ3v) is 2.85. The number of allylic oxidation sites excluding steroid dienone is 2. The van der Waals surface area contributed by atoms with Gasteiger partial charge in [-0.3, -0.25) is 0 Å². The Morgan fingerprint density at radius 3 is 2.38 bits per heavy atom. The Hall–Kier alpha value is -1.38. The fourth-order valence-electron chi connectivity index (χ4n) is 1.89. The summed E-state index contributed by atoms with van der Waals surface area (Å²) in [6.07, 6.45) is 6.97. The number of benzene rings is 1. The van der Waals surface area contributed by atoms with E-state index in [1.165, 1.54) is 11.1 Å². The molecule has 2 nitrogen and oxygen atoms in total. The van der Waals surface area contributed by atoms with Crippen LogP contribution in [0.1, 0.15) is 12.0 Å². The average Bonchev–Trinajstić information content (AvgIpc) is 2.40. The van der Waals surface area contributed by atoms with Gasteiger partial charge in [0.15, 0.2) is 0 Å². The van der Waals surface area contributed by atoms with E-state index >= 15 is 0 Å². The van der Waals surface area contributed by atoms with Crippen LogP contribution in [0.25, 0.3) is 5.57 Å². The van der Waals surface area contributed by atoms with E-state index in [1.807, 2.05) is 30.4 Å². The molecule has 1 aromatic carbocycles. The zero-order chi connectivity index (χ0) is 11.4. The average molecular weight is 216 g/mol. The van der Waals surface area contributed by atoms with E-state index < -0.39 is 5.79 Å². The summed E-state index contributed by atoms with van der Waals surface area (Å²) >= 11 is 0. The highest BCUT2D eigenvalue weighted by atomic mass is 16.7. The van der Waals surface area contributed by atoms with Gasteiger partial charge >= 0.3 is 0 Å². The zero-order valence-corrected chi connectivity index (χ0v) is 9.64. The number of hydrogen-bond donors (Lipinski definition) is 0. The minimum Gasteiger partial charge on any atom is -0.346 e. The molecule has 0 atom stereocenters. The summed E-state index contributed by atoms with van der Waals surface area (Å²) in [5.74, 6) is -0.705. The van der Waals surface area contributed by atoms with Gasteiger partial charge in [0.1, 0.15) is 0 Å². The Balaban J connectivity index is 2.34. The van der Waals surface area contributed by atoms with Crippen molar-refractivity contribution in [2.75, 3.05) is 14.2 Å². The third-order valence-electron chi connectivity index (χ3n) is 2.85. The first-order chi connectivity index (χ1) is 7.79. The summed E-state index contributed by atoms with van der Waals surface area (Å²) in [6, 6.07) is 10.3. The third kappa shape index (κ3) is 2.08. The quantitative estimate of drug-likeness (QED) is 0.571. The van der Waals surface area contributed by atoms with Gasteiger partial charge in [0.2, 0.25) is 5.79 Å². The Morgan fingerprint density at radius 1 is 1.06 bits per heavy atom. The summed E-state index contributed by atoms with van der Waals surface area (Å²) in [6.45, 7) is 0. The molecule has 0 spiro atoms. The standard InChI is InChI=1S/C14H16O2/c1-15-14(16-2)10-6-9-13(11-14)12-7-4-3-5-8-12/h3-8,10-11H,9H2,1-2H3. The minimum atomic E-state index is -0.705. The van der Waals surface area contributed by atoms with Gasteiger partial charge in [0.05, 0.1) is 0 Å². The predicted octanol–water partition coefficient (Wildman–Crippen LogP) is 3.02. The van der Waals surface area contributed by atoms with Crippen LogP contribution in [0.2, 0.25) is 0 Å². The molecule has 2 heteroatoms. The maximum absolute atomic E-state index is 5.39. The first-order valence-electron chi connectivity index (χ1n) is 5.35. The van der Waals surface area contributed by atoms with Gasteiger partial charge in [-0.25, -0.2) is 0 Å². The summed E-state index contributed by atoms with van der Waals surface area (Å²) in [7, 11) is 3.30. The second kappa shape index (κ2) is 4.64. The van der Waals surface area contributed by atoms with E-state index in [4.69, 9.17) is 9.47 Å². The molecule has 0 unspecified atom stereocenters. The SMILES string of the molecule is COC1(OC)C=CCC(c2ccccc2)=C1. The molecule has 0 radical (unpaired) electrons. The molecule has 0 N–H and O–H groups in total. The normalized spacial score (nSPS) is 18.2. The molecule has 0 fully saturated rings. The Bertz CT molecular complexity index is 400. The maximum Gasteiger partial charge on any atom is 0.208 e.